The average molecular weight is 299 g/mol. The number of piperazine rings is 1. The molecule has 4 heteroatoms. The van der Waals surface area contributed by atoms with Gasteiger partial charge in [0, 0.05) is 32.4 Å². The van der Waals surface area contributed by atoms with Crippen molar-refractivity contribution >= 4 is 0 Å². The maximum absolute atomic E-state index is 13.3. The van der Waals surface area contributed by atoms with Crippen LogP contribution in [0.3, 0.4) is 0 Å². The van der Waals surface area contributed by atoms with E-state index in [-0.39, 0.29) is 11.9 Å². The number of halogens is 1. The molecule has 1 aliphatic rings. The summed E-state index contributed by atoms with van der Waals surface area (Å²) in [6.45, 7) is 6.03. The molecule has 22 heavy (non-hydrogen) atoms. The first-order valence-corrected chi connectivity index (χ1v) is 7.93. The highest BCUT2D eigenvalue weighted by Gasteiger charge is 2.24. The zero-order valence-corrected chi connectivity index (χ0v) is 12.9. The van der Waals surface area contributed by atoms with Gasteiger partial charge in [-0.2, -0.15) is 0 Å². The number of nitrogens with zero attached hydrogens (tertiary/aromatic N) is 2. The number of hydrogen-bond acceptors (Lipinski definition) is 3. The molecule has 1 unspecified atom stereocenters. The molecule has 1 N–H and O–H groups in total. The molecule has 1 fully saturated rings. The molecule has 3 rings (SSSR count). The van der Waals surface area contributed by atoms with E-state index in [1.165, 1.54) is 17.7 Å². The zero-order valence-electron chi connectivity index (χ0n) is 12.9. The second-order valence-corrected chi connectivity index (χ2v) is 5.68. The molecule has 2 heterocycles. The van der Waals surface area contributed by atoms with Crippen molar-refractivity contribution in [2.45, 2.75) is 19.4 Å². The van der Waals surface area contributed by atoms with Gasteiger partial charge in [0.15, 0.2) is 0 Å². The number of benzene rings is 1. The molecule has 0 aliphatic carbocycles. The summed E-state index contributed by atoms with van der Waals surface area (Å²) in [5.74, 6) is -0.197. The number of aromatic nitrogens is 1. The summed E-state index contributed by atoms with van der Waals surface area (Å²) in [5.41, 5.74) is 3.37. The zero-order chi connectivity index (χ0) is 15.4. The van der Waals surface area contributed by atoms with Gasteiger partial charge >= 0.3 is 0 Å². The Bertz CT molecular complexity index is 589. The largest absolute Gasteiger partial charge is 0.314 e. The van der Waals surface area contributed by atoms with Crippen molar-refractivity contribution in [3.05, 3.63) is 65.2 Å². The van der Waals surface area contributed by atoms with Crippen LogP contribution in [0.2, 0.25) is 0 Å². The van der Waals surface area contributed by atoms with Crippen molar-refractivity contribution in [2.24, 2.45) is 0 Å². The van der Waals surface area contributed by atoms with E-state index in [1.54, 1.807) is 0 Å². The van der Waals surface area contributed by atoms with E-state index in [2.05, 4.69) is 34.3 Å². The Morgan fingerprint density at radius 1 is 1.14 bits per heavy atom. The number of rotatable bonds is 4. The minimum absolute atomic E-state index is 0.0913. The Morgan fingerprint density at radius 3 is 2.45 bits per heavy atom. The van der Waals surface area contributed by atoms with Gasteiger partial charge in [-0.1, -0.05) is 25.1 Å². The van der Waals surface area contributed by atoms with Crippen LogP contribution in [0.25, 0.3) is 0 Å². The third-order valence-corrected chi connectivity index (χ3v) is 4.24. The van der Waals surface area contributed by atoms with Crippen LogP contribution in [0.15, 0.2) is 42.6 Å². The molecular weight excluding hydrogens is 277 g/mol. The van der Waals surface area contributed by atoms with Gasteiger partial charge in [-0.3, -0.25) is 9.88 Å². The fraction of sp³-hybridized carbons (Fsp3) is 0.389. The molecule has 1 aromatic heterocycles. The molecule has 0 bridgehead atoms. The maximum atomic E-state index is 13.3. The van der Waals surface area contributed by atoms with Crippen LogP contribution >= 0.6 is 0 Å². The maximum Gasteiger partial charge on any atom is 0.123 e. The van der Waals surface area contributed by atoms with Crippen LogP contribution in [-0.4, -0.2) is 36.1 Å². The van der Waals surface area contributed by atoms with E-state index in [0.717, 1.165) is 43.9 Å². The quantitative estimate of drug-likeness (QED) is 0.941. The third kappa shape index (κ3) is 3.34. The normalized spacial score (nSPS) is 17.4. The summed E-state index contributed by atoms with van der Waals surface area (Å²) in [7, 11) is 0. The first kappa shape index (κ1) is 15.1. The highest BCUT2D eigenvalue weighted by Crippen LogP contribution is 2.28. The summed E-state index contributed by atoms with van der Waals surface area (Å²) < 4.78 is 13.3. The van der Waals surface area contributed by atoms with Crippen LogP contribution < -0.4 is 5.32 Å². The van der Waals surface area contributed by atoms with Gasteiger partial charge in [0.1, 0.15) is 5.82 Å². The first-order chi connectivity index (χ1) is 10.8. The van der Waals surface area contributed by atoms with E-state index in [1.807, 2.05) is 18.3 Å². The van der Waals surface area contributed by atoms with E-state index >= 15 is 0 Å². The van der Waals surface area contributed by atoms with Crippen LogP contribution in [0.1, 0.15) is 29.8 Å². The molecule has 1 atom stereocenters. The lowest BCUT2D eigenvalue weighted by atomic mass is 10.00. The lowest BCUT2D eigenvalue weighted by molar-refractivity contribution is 0.195. The average Bonchev–Trinajstić information content (AvgIpc) is 2.58. The van der Waals surface area contributed by atoms with Crippen molar-refractivity contribution < 1.29 is 4.39 Å². The van der Waals surface area contributed by atoms with Crippen molar-refractivity contribution in [1.29, 1.82) is 0 Å². The molecule has 0 amide bonds. The summed E-state index contributed by atoms with van der Waals surface area (Å²) >= 11 is 0. The summed E-state index contributed by atoms with van der Waals surface area (Å²) in [5, 5.41) is 3.38. The number of pyridine rings is 1. The molecule has 1 saturated heterocycles. The monoisotopic (exact) mass is 299 g/mol. The SMILES string of the molecule is CCc1ccc(C(c2ccc(F)cc2)N2CCNCC2)nc1. The van der Waals surface area contributed by atoms with Gasteiger partial charge in [-0.05, 0) is 35.7 Å². The Hall–Kier alpha value is -1.78. The van der Waals surface area contributed by atoms with Crippen LogP contribution in [0.5, 0.6) is 0 Å². The van der Waals surface area contributed by atoms with Gasteiger partial charge in [-0.25, -0.2) is 4.39 Å². The lowest BCUT2D eigenvalue weighted by Gasteiger charge is -2.35. The number of aryl methyl sites for hydroxylation is 1. The van der Waals surface area contributed by atoms with E-state index in [9.17, 15) is 4.39 Å². The highest BCUT2D eigenvalue weighted by molar-refractivity contribution is 5.29. The molecule has 1 aromatic carbocycles. The second kappa shape index (κ2) is 6.99. The van der Waals surface area contributed by atoms with E-state index < -0.39 is 0 Å². The van der Waals surface area contributed by atoms with Crippen LogP contribution in [0, 0.1) is 5.82 Å². The Kier molecular flexibility index (Phi) is 4.80. The summed E-state index contributed by atoms with van der Waals surface area (Å²) in [6.07, 6.45) is 2.94. The van der Waals surface area contributed by atoms with Gasteiger partial charge in [0.2, 0.25) is 0 Å². The minimum atomic E-state index is -0.197. The molecule has 2 aromatic rings. The Labute approximate surface area is 131 Å². The van der Waals surface area contributed by atoms with E-state index in [0.29, 0.717) is 0 Å². The molecule has 0 radical (unpaired) electrons. The minimum Gasteiger partial charge on any atom is -0.314 e. The van der Waals surface area contributed by atoms with E-state index in [4.69, 9.17) is 0 Å². The van der Waals surface area contributed by atoms with Crippen molar-refractivity contribution in [3.63, 3.8) is 0 Å². The smallest absolute Gasteiger partial charge is 0.123 e. The predicted octanol–water partition coefficient (Wildman–Crippen LogP) is 2.78. The second-order valence-electron chi connectivity index (χ2n) is 5.68. The topological polar surface area (TPSA) is 28.2 Å². The Morgan fingerprint density at radius 2 is 1.86 bits per heavy atom. The van der Waals surface area contributed by atoms with Gasteiger partial charge in [-0.15, -0.1) is 0 Å². The molecule has 0 saturated carbocycles. The lowest BCUT2D eigenvalue weighted by Crippen LogP contribution is -2.45. The Balaban J connectivity index is 1.95. The standard InChI is InChI=1S/C18H22FN3/c1-2-14-3-8-17(21-13-14)18(22-11-9-20-10-12-22)15-4-6-16(19)7-5-15/h3-8,13,18,20H,2,9-12H2,1H3. The molecular formula is C18H22FN3. The number of hydrogen-bond donors (Lipinski definition) is 1. The number of nitrogens with one attached hydrogen (secondary N) is 1. The predicted molar refractivity (Wildman–Crippen MR) is 86.3 cm³/mol. The summed E-state index contributed by atoms with van der Waals surface area (Å²) in [6, 6.07) is 11.1. The van der Waals surface area contributed by atoms with Crippen LogP contribution in [-0.2, 0) is 6.42 Å². The third-order valence-electron chi connectivity index (χ3n) is 4.24. The molecule has 1 aliphatic heterocycles. The van der Waals surface area contributed by atoms with Gasteiger partial charge in [0.05, 0.1) is 11.7 Å². The molecule has 0 spiro atoms. The highest BCUT2D eigenvalue weighted by atomic mass is 19.1. The fourth-order valence-electron chi connectivity index (χ4n) is 2.96. The van der Waals surface area contributed by atoms with Crippen LogP contribution in [0.4, 0.5) is 4.39 Å². The fourth-order valence-corrected chi connectivity index (χ4v) is 2.96. The molecule has 3 nitrogen and oxygen atoms in total. The van der Waals surface area contributed by atoms with Gasteiger partial charge in [0.25, 0.3) is 0 Å². The van der Waals surface area contributed by atoms with Crippen molar-refractivity contribution in [2.75, 3.05) is 26.2 Å². The summed E-state index contributed by atoms with van der Waals surface area (Å²) in [4.78, 5) is 7.08. The van der Waals surface area contributed by atoms with Crippen molar-refractivity contribution in [3.8, 4) is 0 Å². The van der Waals surface area contributed by atoms with Crippen molar-refractivity contribution in [1.82, 2.24) is 15.2 Å². The molecule has 116 valence electrons. The van der Waals surface area contributed by atoms with Gasteiger partial charge < -0.3 is 5.32 Å². The first-order valence-electron chi connectivity index (χ1n) is 7.93.